The van der Waals surface area contributed by atoms with Crippen molar-refractivity contribution in [3.05, 3.63) is 99.6 Å². The van der Waals surface area contributed by atoms with Crippen molar-refractivity contribution >= 4 is 11.8 Å². The molecule has 2 heterocycles. The van der Waals surface area contributed by atoms with Gasteiger partial charge in [0.15, 0.2) is 5.82 Å². The van der Waals surface area contributed by atoms with Crippen molar-refractivity contribution < 1.29 is 14.1 Å². The summed E-state index contributed by atoms with van der Waals surface area (Å²) in [5.41, 5.74) is 3.96. The largest absolute Gasteiger partial charge is 0.439 e. The van der Waals surface area contributed by atoms with E-state index < -0.39 is 5.76 Å². The molecule has 5 rings (SSSR count). The predicted molar refractivity (Wildman–Crippen MR) is 121 cm³/mol. The van der Waals surface area contributed by atoms with Crippen LogP contribution in [0.1, 0.15) is 50.1 Å². The lowest BCUT2D eigenvalue weighted by molar-refractivity contribution is 0.0931. The third-order valence-electron chi connectivity index (χ3n) is 5.67. The number of hydrogen-bond donors (Lipinski definition) is 3. The fourth-order valence-corrected chi connectivity index (χ4v) is 3.98. The van der Waals surface area contributed by atoms with E-state index in [-0.39, 0.29) is 29.2 Å². The quantitative estimate of drug-likeness (QED) is 0.403. The highest BCUT2D eigenvalue weighted by Crippen LogP contribution is 2.33. The van der Waals surface area contributed by atoms with Crippen molar-refractivity contribution in [1.82, 2.24) is 30.7 Å². The molecule has 1 aliphatic rings. The van der Waals surface area contributed by atoms with Crippen molar-refractivity contribution in [2.24, 2.45) is 0 Å². The lowest BCUT2D eigenvalue weighted by Crippen LogP contribution is -2.29. The molecule has 0 unspecified atom stereocenters. The molecule has 34 heavy (non-hydrogen) atoms. The number of nitrogens with zero attached hydrogens (tertiary/aromatic N) is 3. The number of benzene rings is 2. The van der Waals surface area contributed by atoms with E-state index in [4.69, 9.17) is 0 Å². The fraction of sp³-hybridized carbons (Fsp3) is 0.167. The van der Waals surface area contributed by atoms with Gasteiger partial charge in [-0.3, -0.25) is 19.1 Å². The van der Waals surface area contributed by atoms with Crippen molar-refractivity contribution in [1.29, 1.82) is 0 Å². The number of carbonyl (C=O) groups excluding carboxylic acids is 2. The Morgan fingerprint density at radius 1 is 1.03 bits per heavy atom. The second-order valence-electron chi connectivity index (χ2n) is 7.88. The molecule has 0 aliphatic heterocycles. The van der Waals surface area contributed by atoms with Gasteiger partial charge in [-0.1, -0.05) is 47.6 Å². The molecule has 4 aromatic rings. The average Bonchev–Trinajstić information content (AvgIpc) is 3.49. The number of hydrogen-bond acceptors (Lipinski definition) is 7. The smallest absolute Gasteiger partial charge is 0.347 e. The first-order valence-electron chi connectivity index (χ1n) is 10.7. The first-order valence-corrected chi connectivity index (χ1v) is 10.7. The van der Waals surface area contributed by atoms with Gasteiger partial charge in [-0.05, 0) is 35.6 Å². The monoisotopic (exact) mass is 456 g/mol. The molecule has 170 valence electrons. The number of aromatic amines is 1. The molecule has 0 radical (unpaired) electrons. The maximum absolute atomic E-state index is 12.9. The second kappa shape index (κ2) is 9.10. The zero-order chi connectivity index (χ0) is 23.5. The molecular formula is C24H20N6O4. The third-order valence-corrected chi connectivity index (χ3v) is 5.67. The summed E-state index contributed by atoms with van der Waals surface area (Å²) in [6.07, 6.45) is 2.68. The van der Waals surface area contributed by atoms with Crippen LogP contribution in [0.2, 0.25) is 0 Å². The first-order chi connectivity index (χ1) is 16.6. The Morgan fingerprint density at radius 2 is 1.82 bits per heavy atom. The van der Waals surface area contributed by atoms with Crippen LogP contribution in [0.5, 0.6) is 0 Å². The first kappa shape index (κ1) is 21.3. The lowest BCUT2D eigenvalue weighted by atomic mass is 10.0. The minimum Gasteiger partial charge on any atom is -0.347 e. The number of amides is 2. The van der Waals surface area contributed by atoms with Gasteiger partial charge >= 0.3 is 5.76 Å². The highest BCUT2D eigenvalue weighted by molar-refractivity contribution is 5.97. The van der Waals surface area contributed by atoms with E-state index in [1.165, 1.54) is 12.4 Å². The summed E-state index contributed by atoms with van der Waals surface area (Å²) in [5.74, 6) is -1.02. The van der Waals surface area contributed by atoms with Gasteiger partial charge in [0.05, 0.1) is 6.04 Å². The van der Waals surface area contributed by atoms with Gasteiger partial charge in [0.25, 0.3) is 11.8 Å². The normalized spacial score (nSPS) is 14.4. The van der Waals surface area contributed by atoms with E-state index >= 15 is 0 Å². The molecule has 3 N–H and O–H groups in total. The molecular weight excluding hydrogens is 436 g/mol. The van der Waals surface area contributed by atoms with Crippen LogP contribution in [0.4, 0.5) is 0 Å². The summed E-state index contributed by atoms with van der Waals surface area (Å²) < 4.78 is 4.57. The molecule has 1 atom stereocenters. The summed E-state index contributed by atoms with van der Waals surface area (Å²) >= 11 is 0. The van der Waals surface area contributed by atoms with Crippen LogP contribution in [0.3, 0.4) is 0 Å². The Kier molecular flexibility index (Phi) is 5.69. The van der Waals surface area contributed by atoms with Crippen LogP contribution < -0.4 is 16.4 Å². The summed E-state index contributed by atoms with van der Waals surface area (Å²) in [6, 6.07) is 16.3. The topological polar surface area (TPSA) is 143 Å². The van der Waals surface area contributed by atoms with E-state index in [0.717, 1.165) is 35.1 Å². The van der Waals surface area contributed by atoms with Gasteiger partial charge in [-0.25, -0.2) is 14.8 Å². The van der Waals surface area contributed by atoms with Crippen molar-refractivity contribution in [2.45, 2.75) is 25.4 Å². The second-order valence-corrected chi connectivity index (χ2v) is 7.88. The Hall–Kier alpha value is -4.60. The molecule has 10 nitrogen and oxygen atoms in total. The summed E-state index contributed by atoms with van der Waals surface area (Å²) in [4.78, 5) is 47.1. The molecule has 0 saturated carbocycles. The highest BCUT2D eigenvalue weighted by atomic mass is 16.5. The maximum atomic E-state index is 12.9. The van der Waals surface area contributed by atoms with Crippen molar-refractivity contribution in [3.63, 3.8) is 0 Å². The summed E-state index contributed by atoms with van der Waals surface area (Å²) in [5, 5.41) is 9.49. The van der Waals surface area contributed by atoms with Gasteiger partial charge in [-0.2, -0.15) is 0 Å². The maximum Gasteiger partial charge on any atom is 0.439 e. The minimum atomic E-state index is -0.612. The lowest BCUT2D eigenvalue weighted by Gasteiger charge is -2.14. The zero-order valence-electron chi connectivity index (χ0n) is 17.9. The molecule has 0 bridgehead atoms. The Morgan fingerprint density at radius 3 is 2.59 bits per heavy atom. The Labute approximate surface area is 193 Å². The zero-order valence-corrected chi connectivity index (χ0v) is 17.9. The van der Waals surface area contributed by atoms with Crippen LogP contribution in [0.15, 0.2) is 70.2 Å². The highest BCUT2D eigenvalue weighted by Gasteiger charge is 2.26. The summed E-state index contributed by atoms with van der Waals surface area (Å²) in [7, 11) is 0. The number of rotatable bonds is 6. The third kappa shape index (κ3) is 4.46. The summed E-state index contributed by atoms with van der Waals surface area (Å²) in [6.45, 7) is 0.355. The van der Waals surface area contributed by atoms with Crippen LogP contribution >= 0.6 is 0 Å². The molecule has 1 aliphatic carbocycles. The predicted octanol–water partition coefficient (Wildman–Crippen LogP) is 2.17. The molecule has 0 spiro atoms. The molecule has 2 aromatic carbocycles. The van der Waals surface area contributed by atoms with Crippen molar-refractivity contribution in [3.8, 4) is 11.4 Å². The molecule has 0 fully saturated rings. The van der Waals surface area contributed by atoms with Gasteiger partial charge in [-0.15, -0.1) is 0 Å². The van der Waals surface area contributed by atoms with Crippen LogP contribution in [-0.2, 0) is 13.0 Å². The Balaban J connectivity index is 1.26. The van der Waals surface area contributed by atoms with Crippen molar-refractivity contribution in [2.75, 3.05) is 0 Å². The van der Waals surface area contributed by atoms with E-state index in [1.807, 2.05) is 48.5 Å². The van der Waals surface area contributed by atoms with Gasteiger partial charge in [0.2, 0.25) is 0 Å². The number of aryl methyl sites for hydroxylation is 1. The number of fused-ring (bicyclic) bond motifs is 1. The molecule has 2 amide bonds. The van der Waals surface area contributed by atoms with E-state index in [1.54, 1.807) is 0 Å². The number of H-pyrrole nitrogens is 1. The molecule has 0 saturated heterocycles. The van der Waals surface area contributed by atoms with Gasteiger partial charge in [0, 0.05) is 18.2 Å². The van der Waals surface area contributed by atoms with E-state index in [2.05, 4.69) is 35.3 Å². The number of nitrogens with one attached hydrogen (secondary N) is 3. The number of aromatic nitrogens is 4. The van der Waals surface area contributed by atoms with E-state index in [0.29, 0.717) is 12.4 Å². The molecule has 2 aromatic heterocycles. The Bertz CT molecular complexity index is 1410. The van der Waals surface area contributed by atoms with Crippen LogP contribution in [0.25, 0.3) is 11.4 Å². The molecule has 10 heteroatoms. The van der Waals surface area contributed by atoms with Crippen LogP contribution in [0, 0.1) is 0 Å². The van der Waals surface area contributed by atoms with Gasteiger partial charge in [0.1, 0.15) is 17.7 Å². The average molecular weight is 456 g/mol. The van der Waals surface area contributed by atoms with Crippen LogP contribution in [-0.4, -0.2) is 31.9 Å². The minimum absolute atomic E-state index is 0.116. The fourth-order valence-electron chi connectivity index (χ4n) is 3.98. The van der Waals surface area contributed by atoms with E-state index in [9.17, 15) is 14.4 Å². The standard InChI is InChI=1S/C24H20N6O4/c31-22(25-12-14-4-2-1-3-5-14)19-11-20(27-13-26-19)23(32)28-18-9-7-15-10-16(6-8-17(15)18)21-29-24(33)34-30-21/h1-6,8,10-11,13,18H,7,9,12H2,(H,25,31)(H,28,32)(H,29,30,33)/t18-/m0/s1. The number of carbonyl (C=O) groups is 2. The van der Waals surface area contributed by atoms with Gasteiger partial charge < -0.3 is 10.6 Å². The SMILES string of the molecule is O=C(NCc1ccccc1)c1cc(C(=O)N[C@H]2CCc3cc(-c4noc(=O)[nH]4)ccc32)ncn1.